The van der Waals surface area contributed by atoms with Crippen LogP contribution in [-0.4, -0.2) is 12.1 Å². The number of ether oxygens (including phenoxy) is 1. The number of nitrogens with one attached hydrogen (secondary N) is 1. The molecule has 1 aromatic rings. The molecule has 0 aliphatic carbocycles. The zero-order valence-electron chi connectivity index (χ0n) is 12.1. The van der Waals surface area contributed by atoms with E-state index in [4.69, 9.17) is 4.74 Å². The second kappa shape index (κ2) is 9.51. The molecule has 1 amide bonds. The summed E-state index contributed by atoms with van der Waals surface area (Å²) < 4.78 is 5.10. The fraction of sp³-hybridized carbons (Fsp3) is 0.533. The van der Waals surface area contributed by atoms with Crippen LogP contribution in [0.2, 0.25) is 0 Å². The Bertz CT molecular complexity index is 323. The molecule has 0 saturated carbocycles. The quantitative estimate of drug-likeness (QED) is 0.879. The van der Waals surface area contributed by atoms with Crippen LogP contribution in [0.15, 0.2) is 30.3 Å². The third kappa shape index (κ3) is 6.94. The smallest absolute Gasteiger partial charge is 0.407 e. The second-order valence-corrected chi connectivity index (χ2v) is 4.24. The highest BCUT2D eigenvalue weighted by molar-refractivity contribution is 5.67. The van der Waals surface area contributed by atoms with Gasteiger partial charge in [0.1, 0.15) is 6.61 Å². The lowest BCUT2D eigenvalue weighted by molar-refractivity contribution is 0.134. The number of alkyl carbamates (subject to hydrolysis) is 1. The van der Waals surface area contributed by atoms with Crippen molar-refractivity contribution >= 4 is 6.09 Å². The first kappa shape index (κ1) is 16.5. The predicted octanol–water partition coefficient (Wildman–Crippen LogP) is 3.98. The standard InChI is InChI=1S/C13H19NO2.C2H6/c1-10(2)11(3)14-13(15)16-9-12-7-5-4-6-8-12;1-2/h4-8,10-11H,9H2,1-3H3,(H,14,15);1-2H3. The monoisotopic (exact) mass is 251 g/mol. The summed E-state index contributed by atoms with van der Waals surface area (Å²) in [5, 5.41) is 2.79. The summed E-state index contributed by atoms with van der Waals surface area (Å²) in [6.45, 7) is 10.4. The molecular formula is C15H25NO2. The molecule has 0 aromatic heterocycles. The van der Waals surface area contributed by atoms with Gasteiger partial charge in [0, 0.05) is 6.04 Å². The molecule has 0 radical (unpaired) electrons. The van der Waals surface area contributed by atoms with Crippen molar-refractivity contribution in [2.45, 2.75) is 47.3 Å². The Hall–Kier alpha value is -1.51. The predicted molar refractivity (Wildman–Crippen MR) is 75.4 cm³/mol. The van der Waals surface area contributed by atoms with Gasteiger partial charge in [0.2, 0.25) is 0 Å². The van der Waals surface area contributed by atoms with Crippen LogP contribution in [0.1, 0.15) is 40.2 Å². The summed E-state index contributed by atoms with van der Waals surface area (Å²) in [5.41, 5.74) is 0.995. The summed E-state index contributed by atoms with van der Waals surface area (Å²) in [4.78, 5) is 11.4. The van der Waals surface area contributed by atoms with Gasteiger partial charge in [-0.15, -0.1) is 0 Å². The molecule has 1 rings (SSSR count). The van der Waals surface area contributed by atoms with E-state index >= 15 is 0 Å². The Labute approximate surface area is 111 Å². The molecule has 0 saturated heterocycles. The van der Waals surface area contributed by atoms with Crippen LogP contribution < -0.4 is 5.32 Å². The van der Waals surface area contributed by atoms with Crippen molar-refractivity contribution < 1.29 is 9.53 Å². The number of rotatable bonds is 4. The van der Waals surface area contributed by atoms with Crippen molar-refractivity contribution in [3.05, 3.63) is 35.9 Å². The van der Waals surface area contributed by atoms with Crippen molar-refractivity contribution in [2.24, 2.45) is 5.92 Å². The van der Waals surface area contributed by atoms with Gasteiger partial charge >= 0.3 is 6.09 Å². The van der Waals surface area contributed by atoms with Gasteiger partial charge in [0.15, 0.2) is 0 Å². The summed E-state index contributed by atoms with van der Waals surface area (Å²) >= 11 is 0. The van der Waals surface area contributed by atoms with E-state index in [1.165, 1.54) is 0 Å². The maximum atomic E-state index is 11.4. The molecular weight excluding hydrogens is 226 g/mol. The molecule has 1 N–H and O–H groups in total. The Morgan fingerprint density at radius 1 is 1.17 bits per heavy atom. The minimum Gasteiger partial charge on any atom is -0.445 e. The van der Waals surface area contributed by atoms with E-state index in [9.17, 15) is 4.79 Å². The second-order valence-electron chi connectivity index (χ2n) is 4.24. The normalized spacial score (nSPS) is 11.2. The van der Waals surface area contributed by atoms with Gasteiger partial charge in [-0.1, -0.05) is 58.0 Å². The van der Waals surface area contributed by atoms with Gasteiger partial charge in [0.25, 0.3) is 0 Å². The first-order valence-corrected chi connectivity index (χ1v) is 6.57. The van der Waals surface area contributed by atoms with Crippen molar-refractivity contribution in [3.63, 3.8) is 0 Å². The minimum atomic E-state index is -0.356. The first-order valence-electron chi connectivity index (χ1n) is 6.57. The largest absolute Gasteiger partial charge is 0.445 e. The highest BCUT2D eigenvalue weighted by atomic mass is 16.5. The maximum absolute atomic E-state index is 11.4. The molecule has 3 heteroatoms. The third-order valence-electron chi connectivity index (χ3n) is 2.56. The average Bonchev–Trinajstić information content (AvgIpc) is 2.40. The van der Waals surface area contributed by atoms with E-state index in [0.717, 1.165) is 5.56 Å². The van der Waals surface area contributed by atoms with Crippen LogP contribution >= 0.6 is 0 Å². The molecule has 0 aliphatic rings. The third-order valence-corrected chi connectivity index (χ3v) is 2.56. The summed E-state index contributed by atoms with van der Waals surface area (Å²) in [7, 11) is 0. The molecule has 0 spiro atoms. The van der Waals surface area contributed by atoms with Gasteiger partial charge in [-0.25, -0.2) is 4.79 Å². The van der Waals surface area contributed by atoms with Gasteiger partial charge in [-0.3, -0.25) is 0 Å². The number of benzene rings is 1. The zero-order chi connectivity index (χ0) is 14.0. The van der Waals surface area contributed by atoms with Crippen LogP contribution in [0.5, 0.6) is 0 Å². The van der Waals surface area contributed by atoms with Crippen molar-refractivity contribution in [3.8, 4) is 0 Å². The van der Waals surface area contributed by atoms with E-state index in [1.807, 2.05) is 51.1 Å². The van der Waals surface area contributed by atoms with Gasteiger partial charge in [-0.05, 0) is 18.4 Å². The molecule has 1 unspecified atom stereocenters. The maximum Gasteiger partial charge on any atom is 0.407 e. The van der Waals surface area contributed by atoms with Gasteiger partial charge in [-0.2, -0.15) is 0 Å². The number of carbonyl (C=O) groups is 1. The van der Waals surface area contributed by atoms with Crippen LogP contribution in [-0.2, 0) is 11.3 Å². The van der Waals surface area contributed by atoms with Crippen LogP contribution in [0.25, 0.3) is 0 Å². The lowest BCUT2D eigenvalue weighted by Crippen LogP contribution is -2.36. The molecule has 0 heterocycles. The zero-order valence-corrected chi connectivity index (χ0v) is 12.1. The Morgan fingerprint density at radius 3 is 2.22 bits per heavy atom. The summed E-state index contributed by atoms with van der Waals surface area (Å²) in [6.07, 6.45) is -0.356. The average molecular weight is 251 g/mol. The summed E-state index contributed by atoms with van der Waals surface area (Å²) in [5.74, 6) is 0.407. The molecule has 3 nitrogen and oxygen atoms in total. The van der Waals surface area contributed by atoms with E-state index in [1.54, 1.807) is 0 Å². The molecule has 1 aromatic carbocycles. The van der Waals surface area contributed by atoms with Crippen molar-refractivity contribution in [2.75, 3.05) is 0 Å². The summed E-state index contributed by atoms with van der Waals surface area (Å²) in [6, 6.07) is 9.77. The van der Waals surface area contributed by atoms with E-state index in [-0.39, 0.29) is 12.1 Å². The fourth-order valence-electron chi connectivity index (χ4n) is 1.12. The van der Waals surface area contributed by atoms with Crippen LogP contribution in [0.3, 0.4) is 0 Å². The highest BCUT2D eigenvalue weighted by Gasteiger charge is 2.11. The van der Waals surface area contributed by atoms with Crippen LogP contribution in [0, 0.1) is 5.92 Å². The number of hydrogen-bond donors (Lipinski definition) is 1. The molecule has 1 atom stereocenters. The lowest BCUT2D eigenvalue weighted by Gasteiger charge is -2.17. The highest BCUT2D eigenvalue weighted by Crippen LogP contribution is 2.03. The van der Waals surface area contributed by atoms with Crippen LogP contribution in [0.4, 0.5) is 4.79 Å². The lowest BCUT2D eigenvalue weighted by atomic mass is 10.1. The van der Waals surface area contributed by atoms with E-state index in [2.05, 4.69) is 19.2 Å². The first-order chi connectivity index (χ1) is 8.59. The number of hydrogen-bond acceptors (Lipinski definition) is 2. The fourth-order valence-corrected chi connectivity index (χ4v) is 1.12. The molecule has 0 bridgehead atoms. The van der Waals surface area contributed by atoms with E-state index < -0.39 is 0 Å². The van der Waals surface area contributed by atoms with Crippen molar-refractivity contribution in [1.29, 1.82) is 0 Å². The topological polar surface area (TPSA) is 38.3 Å². The molecule has 0 aliphatic heterocycles. The Morgan fingerprint density at radius 2 is 1.72 bits per heavy atom. The van der Waals surface area contributed by atoms with E-state index in [0.29, 0.717) is 12.5 Å². The number of amides is 1. The van der Waals surface area contributed by atoms with Gasteiger partial charge in [0.05, 0.1) is 0 Å². The Balaban J connectivity index is 0.00000137. The molecule has 102 valence electrons. The van der Waals surface area contributed by atoms with Crippen molar-refractivity contribution in [1.82, 2.24) is 5.32 Å². The SMILES string of the molecule is CC.CC(C)C(C)NC(=O)OCc1ccccc1. The number of carbonyl (C=O) groups excluding carboxylic acids is 1. The Kier molecular flexibility index (Phi) is 8.71. The minimum absolute atomic E-state index is 0.128. The van der Waals surface area contributed by atoms with Gasteiger partial charge < -0.3 is 10.1 Å². The molecule has 0 fully saturated rings. The molecule has 18 heavy (non-hydrogen) atoms.